The molecule has 2 aromatic rings. The summed E-state index contributed by atoms with van der Waals surface area (Å²) in [7, 11) is -1.90. The minimum absolute atomic E-state index is 0.0923. The number of allylic oxidation sites excluding steroid dienone is 2. The molecule has 272 valence electrons. The molecule has 2 aromatic carbocycles. The SMILES string of the molecule is C=CC1C[C@]1(NC(=O)C12CC1CN(C(=C)[C@@H](NC(=C)CC(C)C)C(C)C)C2)/C(=C/C)NS(=C)(=C)c1cccc(CCc2ccccc2)c1.CC. The van der Waals surface area contributed by atoms with Crippen LogP contribution < -0.4 is 15.4 Å². The van der Waals surface area contributed by atoms with Crippen LogP contribution in [0, 0.1) is 29.1 Å². The summed E-state index contributed by atoms with van der Waals surface area (Å²) in [5.41, 5.74) is 4.79. The van der Waals surface area contributed by atoms with Gasteiger partial charge in [0.15, 0.2) is 0 Å². The highest BCUT2D eigenvalue weighted by Crippen LogP contribution is 2.60. The molecule has 0 spiro atoms. The van der Waals surface area contributed by atoms with Gasteiger partial charge in [-0.1, -0.05) is 121 Å². The quantitative estimate of drug-likeness (QED) is 0.114. The van der Waals surface area contributed by atoms with Crippen molar-refractivity contribution in [3.05, 3.63) is 115 Å². The third kappa shape index (κ3) is 8.62. The van der Waals surface area contributed by atoms with Gasteiger partial charge in [0.25, 0.3) is 0 Å². The molecule has 0 radical (unpaired) electrons. The van der Waals surface area contributed by atoms with E-state index in [4.69, 9.17) is 0 Å². The van der Waals surface area contributed by atoms with Crippen LogP contribution in [0.15, 0.2) is 108 Å². The van der Waals surface area contributed by atoms with Crippen molar-refractivity contribution < 1.29 is 4.79 Å². The molecule has 5 nitrogen and oxygen atoms in total. The van der Waals surface area contributed by atoms with Crippen molar-refractivity contribution in [1.82, 2.24) is 20.3 Å². The van der Waals surface area contributed by atoms with Crippen LogP contribution in [0.2, 0.25) is 0 Å². The number of piperidine rings is 1. The van der Waals surface area contributed by atoms with E-state index < -0.39 is 14.9 Å². The van der Waals surface area contributed by atoms with Crippen LogP contribution in [0.1, 0.15) is 78.9 Å². The molecule has 0 bridgehead atoms. The van der Waals surface area contributed by atoms with Gasteiger partial charge in [-0.25, -0.2) is 0 Å². The molecular formula is C44H64N4OS. The predicted octanol–water partition coefficient (Wildman–Crippen LogP) is 9.00. The first-order valence-electron chi connectivity index (χ1n) is 18.6. The summed E-state index contributed by atoms with van der Waals surface area (Å²) in [6.45, 7) is 29.4. The first-order valence-corrected chi connectivity index (χ1v) is 20.6. The largest absolute Gasteiger partial charge is 0.380 e. The monoisotopic (exact) mass is 696 g/mol. The van der Waals surface area contributed by atoms with Crippen molar-refractivity contribution in [2.45, 2.75) is 97.0 Å². The standard InChI is InChI=1S/C42H58N4OS.C2H6/c1-11-35-26-42(35,38(12-2)45-48(9,10)37-20-16-19-34(24-37)22-21-33-17-14-13-15-18-33)44-40(47)41-25-36(41)27-46(28-41)32(8)39(30(5)6)43-31(7)23-29(3)4;1-2/h11-20,24,29-30,35-36,39,43,45H,1,7-10,21-23,25-28H2,2-6H3,(H,44,47);1-2H3/b38-12-;/t35?,36?,39-,41?,42+;/m0./s1. The minimum Gasteiger partial charge on any atom is -0.380 e. The fraction of sp³-hybridized carbons (Fsp3) is 0.477. The van der Waals surface area contributed by atoms with E-state index in [0.29, 0.717) is 24.3 Å². The molecule has 2 aliphatic carbocycles. The number of likely N-dealkylation sites (tertiary alicyclic amines) is 1. The van der Waals surface area contributed by atoms with Gasteiger partial charge >= 0.3 is 0 Å². The summed E-state index contributed by atoms with van der Waals surface area (Å²) < 4.78 is 3.75. The van der Waals surface area contributed by atoms with Gasteiger partial charge in [-0.15, -0.1) is 16.0 Å². The number of benzene rings is 2. The molecule has 5 rings (SSSR count). The molecule has 3 unspecified atom stereocenters. The van der Waals surface area contributed by atoms with E-state index in [1.165, 1.54) is 11.1 Å². The molecule has 50 heavy (non-hydrogen) atoms. The second-order valence-corrected chi connectivity index (χ2v) is 17.7. The van der Waals surface area contributed by atoms with Gasteiger partial charge in [-0.2, -0.15) is 0 Å². The van der Waals surface area contributed by atoms with Crippen molar-refractivity contribution in [1.29, 1.82) is 0 Å². The third-order valence-electron chi connectivity index (χ3n) is 10.6. The lowest BCUT2D eigenvalue weighted by Gasteiger charge is -2.35. The number of rotatable bonds is 17. The van der Waals surface area contributed by atoms with Gasteiger partial charge in [-0.3, -0.25) is 4.79 Å². The molecule has 1 heterocycles. The topological polar surface area (TPSA) is 56.4 Å². The molecule has 0 aromatic heterocycles. The Bertz CT molecular complexity index is 1670. The first-order chi connectivity index (χ1) is 23.7. The average molecular weight is 697 g/mol. The number of hydrogen-bond acceptors (Lipinski definition) is 4. The molecule has 1 amide bonds. The Balaban J connectivity index is 0.00000276. The maximum Gasteiger partial charge on any atom is 0.229 e. The van der Waals surface area contributed by atoms with Crippen molar-refractivity contribution in [3.63, 3.8) is 0 Å². The Kier molecular flexibility index (Phi) is 12.6. The lowest BCUT2D eigenvalue weighted by atomic mass is 9.98. The average Bonchev–Trinajstić information content (AvgIpc) is 3.97. The molecule has 2 saturated carbocycles. The lowest BCUT2D eigenvalue weighted by Crippen LogP contribution is -2.48. The number of carbonyl (C=O) groups excluding carboxylic acids is 1. The predicted molar refractivity (Wildman–Crippen MR) is 219 cm³/mol. The number of hydrogen-bond donors (Lipinski definition) is 3. The molecular weight excluding hydrogens is 633 g/mol. The molecule has 3 N–H and O–H groups in total. The number of nitrogens with one attached hydrogen (secondary N) is 3. The van der Waals surface area contributed by atoms with Crippen molar-refractivity contribution in [3.8, 4) is 0 Å². The van der Waals surface area contributed by atoms with E-state index >= 15 is 0 Å². The number of amides is 1. The smallest absolute Gasteiger partial charge is 0.229 e. The highest BCUT2D eigenvalue weighted by atomic mass is 32.2. The van der Waals surface area contributed by atoms with Crippen LogP contribution >= 0.6 is 9.39 Å². The van der Waals surface area contributed by atoms with Gasteiger partial charge in [0, 0.05) is 41.0 Å². The summed E-state index contributed by atoms with van der Waals surface area (Å²) in [4.78, 5) is 17.7. The van der Waals surface area contributed by atoms with Crippen molar-refractivity contribution in [2.75, 3.05) is 13.1 Å². The third-order valence-corrected chi connectivity index (χ3v) is 12.4. The van der Waals surface area contributed by atoms with Crippen LogP contribution in [0.5, 0.6) is 0 Å². The van der Waals surface area contributed by atoms with E-state index in [1.54, 1.807) is 0 Å². The Morgan fingerprint density at radius 1 is 1.00 bits per heavy atom. The molecule has 3 aliphatic rings. The molecule has 1 saturated heterocycles. The minimum atomic E-state index is -1.90. The second kappa shape index (κ2) is 16.1. The summed E-state index contributed by atoms with van der Waals surface area (Å²) in [6.07, 6.45) is 8.68. The Labute approximate surface area is 305 Å². The van der Waals surface area contributed by atoms with E-state index in [1.807, 2.05) is 26.8 Å². The van der Waals surface area contributed by atoms with E-state index in [9.17, 15) is 4.79 Å². The van der Waals surface area contributed by atoms with Crippen LogP contribution in [0.4, 0.5) is 0 Å². The summed E-state index contributed by atoms with van der Waals surface area (Å²) in [6, 6.07) is 19.3. The Hall–Kier alpha value is -3.64. The lowest BCUT2D eigenvalue weighted by molar-refractivity contribution is -0.127. The zero-order valence-corrected chi connectivity index (χ0v) is 32.8. The van der Waals surface area contributed by atoms with Gasteiger partial charge in [0.2, 0.25) is 5.91 Å². The molecule has 6 heteroatoms. The van der Waals surface area contributed by atoms with Crippen LogP contribution in [-0.2, 0) is 17.6 Å². The van der Waals surface area contributed by atoms with Crippen molar-refractivity contribution in [2.24, 2.45) is 29.1 Å². The zero-order chi connectivity index (χ0) is 36.9. The van der Waals surface area contributed by atoms with E-state index in [2.05, 4.69) is 140 Å². The summed E-state index contributed by atoms with van der Waals surface area (Å²) in [5.74, 6) is 10.7. The van der Waals surface area contributed by atoms with Gasteiger partial charge in [-0.05, 0) is 80.0 Å². The van der Waals surface area contributed by atoms with Gasteiger partial charge in [0.05, 0.1) is 17.0 Å². The molecule has 5 atom stereocenters. The molecule has 3 fully saturated rings. The zero-order valence-electron chi connectivity index (χ0n) is 32.0. The van der Waals surface area contributed by atoms with Crippen LogP contribution in [0.25, 0.3) is 0 Å². The summed E-state index contributed by atoms with van der Waals surface area (Å²) >= 11 is 0. The second-order valence-electron chi connectivity index (χ2n) is 15.3. The Morgan fingerprint density at radius 2 is 1.66 bits per heavy atom. The fourth-order valence-corrected chi connectivity index (χ4v) is 9.19. The number of carbonyl (C=O) groups is 1. The summed E-state index contributed by atoms with van der Waals surface area (Å²) in [5, 5.41) is 7.22. The number of aryl methyl sites for hydroxylation is 2. The van der Waals surface area contributed by atoms with Gasteiger partial charge < -0.3 is 20.3 Å². The van der Waals surface area contributed by atoms with E-state index in [0.717, 1.165) is 60.6 Å². The fourth-order valence-electron chi connectivity index (χ4n) is 7.63. The van der Waals surface area contributed by atoms with E-state index in [-0.39, 0.29) is 23.3 Å². The maximum absolute atomic E-state index is 14.3. The van der Waals surface area contributed by atoms with Crippen LogP contribution in [-0.4, -0.2) is 47.2 Å². The molecule has 1 aliphatic heterocycles. The first kappa shape index (κ1) is 39.2. The highest BCUT2D eigenvalue weighted by Gasteiger charge is 2.68. The Morgan fingerprint density at radius 3 is 2.26 bits per heavy atom. The van der Waals surface area contributed by atoms with Crippen LogP contribution in [0.3, 0.4) is 0 Å². The normalized spacial score (nSPS) is 24.4. The highest BCUT2D eigenvalue weighted by molar-refractivity contribution is 8.26. The van der Waals surface area contributed by atoms with Gasteiger partial charge in [0.1, 0.15) is 0 Å². The maximum atomic E-state index is 14.3. The number of nitrogens with zero attached hydrogens (tertiary/aromatic N) is 1. The number of fused-ring (bicyclic) bond motifs is 1. The van der Waals surface area contributed by atoms with Crippen molar-refractivity contribution >= 4 is 27.0 Å².